The van der Waals surface area contributed by atoms with Gasteiger partial charge in [-0.3, -0.25) is 14.4 Å². The van der Waals surface area contributed by atoms with Crippen molar-refractivity contribution in [1.82, 2.24) is 9.88 Å². The second kappa shape index (κ2) is 9.69. The van der Waals surface area contributed by atoms with Gasteiger partial charge in [-0.1, -0.05) is 26.0 Å². The lowest BCUT2D eigenvalue weighted by atomic mass is 9.99. The number of aliphatic hydroxyl groups is 1. The lowest BCUT2D eigenvalue weighted by Gasteiger charge is -2.31. The molecule has 178 valence electrons. The highest BCUT2D eigenvalue weighted by Gasteiger charge is 2.25. The zero-order valence-corrected chi connectivity index (χ0v) is 19.7. The first-order chi connectivity index (χ1) is 16.2. The molecular weight excluding hydrogens is 432 g/mol. The van der Waals surface area contributed by atoms with E-state index < -0.39 is 17.9 Å². The fourth-order valence-corrected chi connectivity index (χ4v) is 4.28. The maximum atomic E-state index is 12.6. The van der Waals surface area contributed by atoms with E-state index in [2.05, 4.69) is 10.6 Å². The summed E-state index contributed by atoms with van der Waals surface area (Å²) in [6, 6.07) is 12.9. The maximum Gasteiger partial charge on any atom is 0.313 e. The van der Waals surface area contributed by atoms with Gasteiger partial charge in [0.1, 0.15) is 0 Å². The van der Waals surface area contributed by atoms with Crippen molar-refractivity contribution in [2.24, 2.45) is 13.0 Å². The van der Waals surface area contributed by atoms with E-state index in [9.17, 15) is 19.5 Å². The van der Waals surface area contributed by atoms with Crippen molar-refractivity contribution < 1.29 is 19.5 Å². The molecule has 0 saturated carbocycles. The summed E-state index contributed by atoms with van der Waals surface area (Å²) in [5.41, 5.74) is 3.95. The quantitative estimate of drug-likeness (QED) is 0.507. The molecule has 0 radical (unpaired) electrons. The van der Waals surface area contributed by atoms with E-state index in [4.69, 9.17) is 0 Å². The van der Waals surface area contributed by atoms with Crippen LogP contribution in [-0.2, 0) is 27.9 Å². The van der Waals surface area contributed by atoms with Crippen LogP contribution in [0.3, 0.4) is 0 Å². The van der Waals surface area contributed by atoms with Crippen molar-refractivity contribution in [2.75, 3.05) is 23.3 Å². The second-order valence-electron chi connectivity index (χ2n) is 9.02. The highest BCUT2D eigenvalue weighted by atomic mass is 16.3. The van der Waals surface area contributed by atoms with Gasteiger partial charge in [-0.25, -0.2) is 0 Å². The second-order valence-corrected chi connectivity index (χ2v) is 9.02. The van der Waals surface area contributed by atoms with Crippen LogP contribution in [0.4, 0.5) is 11.4 Å². The Kier molecular flexibility index (Phi) is 6.70. The molecule has 8 heteroatoms. The molecule has 8 nitrogen and oxygen atoms in total. The highest BCUT2D eigenvalue weighted by Crippen LogP contribution is 2.31. The molecule has 0 aliphatic carbocycles. The number of amides is 3. The smallest absolute Gasteiger partial charge is 0.313 e. The summed E-state index contributed by atoms with van der Waals surface area (Å²) in [4.78, 5) is 39.1. The van der Waals surface area contributed by atoms with Crippen LogP contribution in [0.1, 0.15) is 37.5 Å². The number of nitrogens with zero attached hydrogens (tertiary/aromatic N) is 2. The summed E-state index contributed by atoms with van der Waals surface area (Å²) in [7, 11) is 1.94. The first-order valence-electron chi connectivity index (χ1n) is 11.5. The van der Waals surface area contributed by atoms with Gasteiger partial charge in [0.15, 0.2) is 0 Å². The summed E-state index contributed by atoms with van der Waals surface area (Å²) >= 11 is 0. The summed E-state index contributed by atoms with van der Waals surface area (Å²) in [5, 5.41) is 16.5. The van der Waals surface area contributed by atoms with Gasteiger partial charge in [0.25, 0.3) is 0 Å². The van der Waals surface area contributed by atoms with Crippen LogP contribution in [-0.4, -0.2) is 40.5 Å². The molecule has 1 aliphatic heterocycles. The van der Waals surface area contributed by atoms with E-state index in [1.54, 1.807) is 23.1 Å². The van der Waals surface area contributed by atoms with Crippen LogP contribution >= 0.6 is 0 Å². The number of aryl methyl sites for hydroxylation is 2. The maximum absolute atomic E-state index is 12.6. The van der Waals surface area contributed by atoms with Crippen LogP contribution in [0.25, 0.3) is 10.9 Å². The monoisotopic (exact) mass is 462 g/mol. The predicted molar refractivity (Wildman–Crippen MR) is 131 cm³/mol. The van der Waals surface area contributed by atoms with Crippen molar-refractivity contribution in [1.29, 1.82) is 0 Å². The van der Waals surface area contributed by atoms with E-state index in [0.29, 0.717) is 17.8 Å². The van der Waals surface area contributed by atoms with Crippen LogP contribution < -0.4 is 15.5 Å². The van der Waals surface area contributed by atoms with Gasteiger partial charge in [0.05, 0.1) is 6.10 Å². The molecule has 1 atom stereocenters. The van der Waals surface area contributed by atoms with Crippen LogP contribution in [0.2, 0.25) is 0 Å². The molecule has 1 aromatic heterocycles. The summed E-state index contributed by atoms with van der Waals surface area (Å²) in [6.07, 6.45) is 2.74. The number of benzene rings is 2. The van der Waals surface area contributed by atoms with Gasteiger partial charge in [-0.15, -0.1) is 0 Å². The van der Waals surface area contributed by atoms with Gasteiger partial charge in [-0.05, 0) is 59.7 Å². The number of anilines is 2. The standard InChI is InChI=1S/C26H30N4O4/c1-16(2)26(34)30-11-4-5-17-6-8-20(14-22(17)30)28-25(33)24(32)27-15-23(31)19-7-9-21-18(13-19)10-12-29(21)3/h6-10,12-14,16,23,31H,4-5,11,15H2,1-3H3,(H,27,32)(H,28,33). The molecule has 0 spiro atoms. The number of aromatic nitrogens is 1. The summed E-state index contributed by atoms with van der Waals surface area (Å²) in [5.74, 6) is -1.77. The molecule has 1 unspecified atom stereocenters. The number of hydrogen-bond donors (Lipinski definition) is 3. The van der Waals surface area contributed by atoms with Gasteiger partial charge in [0, 0.05) is 49.1 Å². The van der Waals surface area contributed by atoms with E-state index >= 15 is 0 Å². The van der Waals surface area contributed by atoms with Crippen LogP contribution in [0, 0.1) is 5.92 Å². The molecule has 2 heterocycles. The third-order valence-corrected chi connectivity index (χ3v) is 6.18. The molecule has 3 aromatic rings. The number of fused-ring (bicyclic) bond motifs is 2. The van der Waals surface area contributed by atoms with Crippen molar-refractivity contribution in [3.8, 4) is 0 Å². The third-order valence-electron chi connectivity index (χ3n) is 6.18. The Labute approximate surface area is 198 Å². The van der Waals surface area contributed by atoms with Gasteiger partial charge in [-0.2, -0.15) is 0 Å². The van der Waals surface area contributed by atoms with Gasteiger partial charge >= 0.3 is 11.8 Å². The number of carbonyl (C=O) groups excluding carboxylic acids is 3. The van der Waals surface area contributed by atoms with Crippen molar-refractivity contribution in [3.05, 3.63) is 59.8 Å². The Morgan fingerprint density at radius 1 is 1.06 bits per heavy atom. The lowest BCUT2D eigenvalue weighted by Crippen LogP contribution is -2.39. The molecule has 3 N–H and O–H groups in total. The predicted octanol–water partition coefficient (Wildman–Crippen LogP) is 2.90. The highest BCUT2D eigenvalue weighted by molar-refractivity contribution is 6.39. The minimum absolute atomic E-state index is 0.0323. The molecule has 0 saturated heterocycles. The molecule has 34 heavy (non-hydrogen) atoms. The van der Waals surface area contributed by atoms with Crippen molar-refractivity contribution in [3.63, 3.8) is 0 Å². The summed E-state index contributed by atoms with van der Waals surface area (Å²) in [6.45, 7) is 4.26. The largest absolute Gasteiger partial charge is 0.387 e. The normalized spacial score (nSPS) is 14.1. The molecule has 3 amide bonds. The molecular formula is C26H30N4O4. The molecule has 1 aliphatic rings. The topological polar surface area (TPSA) is 104 Å². The zero-order chi connectivity index (χ0) is 24.4. The van der Waals surface area contributed by atoms with Gasteiger partial charge in [0.2, 0.25) is 5.91 Å². The van der Waals surface area contributed by atoms with Crippen molar-refractivity contribution in [2.45, 2.75) is 32.8 Å². The number of rotatable bonds is 5. The average Bonchev–Trinajstić information content (AvgIpc) is 3.21. The Morgan fingerprint density at radius 3 is 2.62 bits per heavy atom. The Bertz CT molecular complexity index is 1250. The fourth-order valence-electron chi connectivity index (χ4n) is 4.28. The van der Waals surface area contributed by atoms with E-state index in [0.717, 1.165) is 35.0 Å². The van der Waals surface area contributed by atoms with E-state index in [1.165, 1.54) is 0 Å². The summed E-state index contributed by atoms with van der Waals surface area (Å²) < 4.78 is 1.98. The van der Waals surface area contributed by atoms with Gasteiger partial charge < -0.3 is 25.2 Å². The average molecular weight is 463 g/mol. The molecule has 0 fully saturated rings. The Balaban J connectivity index is 1.38. The van der Waals surface area contributed by atoms with Crippen LogP contribution in [0.15, 0.2) is 48.7 Å². The van der Waals surface area contributed by atoms with E-state index in [-0.39, 0.29) is 18.4 Å². The molecule has 2 aromatic carbocycles. The van der Waals surface area contributed by atoms with Crippen molar-refractivity contribution >= 4 is 40.0 Å². The number of nitrogens with one attached hydrogen (secondary N) is 2. The number of hydrogen-bond acceptors (Lipinski definition) is 4. The first kappa shape index (κ1) is 23.5. The Hall–Kier alpha value is -3.65. The molecule has 0 bridgehead atoms. The minimum atomic E-state index is -0.944. The first-order valence-corrected chi connectivity index (χ1v) is 11.5. The number of aliphatic hydroxyl groups excluding tert-OH is 1. The minimum Gasteiger partial charge on any atom is -0.387 e. The third kappa shape index (κ3) is 4.82. The zero-order valence-electron chi connectivity index (χ0n) is 19.7. The van der Waals surface area contributed by atoms with Crippen LogP contribution in [0.5, 0.6) is 0 Å². The number of carbonyl (C=O) groups is 3. The lowest BCUT2D eigenvalue weighted by molar-refractivity contribution is -0.136. The fraction of sp³-hybridized carbons (Fsp3) is 0.346. The molecule has 4 rings (SSSR count). The Morgan fingerprint density at radius 2 is 1.85 bits per heavy atom. The van der Waals surface area contributed by atoms with E-state index in [1.807, 2.05) is 55.9 Å². The SMILES string of the molecule is CC(C)C(=O)N1CCCc2ccc(NC(=O)C(=O)NCC(O)c3ccc4c(ccn4C)c3)cc21.